The van der Waals surface area contributed by atoms with Crippen LogP contribution in [0, 0.1) is 6.92 Å². The van der Waals surface area contributed by atoms with E-state index in [1.807, 2.05) is 25.2 Å². The van der Waals surface area contributed by atoms with Crippen molar-refractivity contribution in [3.8, 4) is 5.75 Å². The van der Waals surface area contributed by atoms with Crippen LogP contribution in [0.2, 0.25) is 0 Å². The van der Waals surface area contributed by atoms with Gasteiger partial charge in [-0.1, -0.05) is 25.1 Å². The lowest BCUT2D eigenvalue weighted by molar-refractivity contribution is 0.280. The van der Waals surface area contributed by atoms with Crippen LogP contribution in [0.1, 0.15) is 23.2 Å². The topological polar surface area (TPSA) is 49.8 Å². The number of halogens is 1. The summed E-state index contributed by atoms with van der Waals surface area (Å²) in [5, 5.41) is 6.61. The van der Waals surface area contributed by atoms with Gasteiger partial charge in [0.15, 0.2) is 5.96 Å². The van der Waals surface area contributed by atoms with E-state index in [-0.39, 0.29) is 24.0 Å². The van der Waals surface area contributed by atoms with E-state index < -0.39 is 0 Å². The molecule has 7 heteroatoms. The molecule has 1 heterocycles. The fourth-order valence-electron chi connectivity index (χ4n) is 2.26. The van der Waals surface area contributed by atoms with Crippen LogP contribution in [0.15, 0.2) is 34.6 Å². The first-order chi connectivity index (χ1) is 11.6. The summed E-state index contributed by atoms with van der Waals surface area (Å²) in [4.78, 5) is 10.9. The molecule has 1 N–H and O–H groups in total. The molecule has 0 aliphatic heterocycles. The summed E-state index contributed by atoms with van der Waals surface area (Å²) < 4.78 is 5.85. The van der Waals surface area contributed by atoms with Crippen LogP contribution >= 0.6 is 35.3 Å². The summed E-state index contributed by atoms with van der Waals surface area (Å²) in [6.45, 7) is 6.23. The van der Waals surface area contributed by atoms with Crippen molar-refractivity contribution >= 4 is 41.3 Å². The monoisotopic (exact) mass is 474 g/mol. The van der Waals surface area contributed by atoms with Gasteiger partial charge in [0.25, 0.3) is 0 Å². The predicted molar refractivity (Wildman–Crippen MR) is 116 cm³/mol. The van der Waals surface area contributed by atoms with Crippen LogP contribution in [0.3, 0.4) is 0 Å². The second-order valence-corrected chi connectivity index (χ2v) is 6.47. The molecule has 2 aromatic rings. The number of nitrogens with zero attached hydrogens (tertiary/aromatic N) is 3. The van der Waals surface area contributed by atoms with E-state index in [2.05, 4.69) is 45.5 Å². The molecule has 0 spiro atoms. The maximum atomic E-state index is 5.85. The van der Waals surface area contributed by atoms with Crippen molar-refractivity contribution < 1.29 is 4.74 Å². The summed E-state index contributed by atoms with van der Waals surface area (Å²) in [6.07, 6.45) is 0.982. The van der Waals surface area contributed by atoms with E-state index in [1.165, 1.54) is 5.01 Å². The molecule has 1 aromatic carbocycles. The van der Waals surface area contributed by atoms with Crippen LogP contribution < -0.4 is 10.1 Å². The van der Waals surface area contributed by atoms with Crippen LogP contribution in [-0.4, -0.2) is 43.1 Å². The van der Waals surface area contributed by atoms with Gasteiger partial charge in [-0.3, -0.25) is 4.99 Å². The van der Waals surface area contributed by atoms with Crippen molar-refractivity contribution in [2.45, 2.75) is 26.8 Å². The quantitative estimate of drug-likeness (QED) is 0.378. The van der Waals surface area contributed by atoms with E-state index in [0.29, 0.717) is 13.2 Å². The lowest BCUT2D eigenvalue weighted by Crippen LogP contribution is -2.40. The molecular formula is C18H27IN4OS. The van der Waals surface area contributed by atoms with E-state index >= 15 is 0 Å². The number of rotatable bonds is 7. The first kappa shape index (κ1) is 21.7. The molecule has 0 aliphatic carbocycles. The van der Waals surface area contributed by atoms with Gasteiger partial charge in [0.1, 0.15) is 12.4 Å². The first-order valence-corrected chi connectivity index (χ1v) is 9.05. The summed E-state index contributed by atoms with van der Waals surface area (Å²) >= 11 is 1.71. The Morgan fingerprint density at radius 2 is 2.12 bits per heavy atom. The normalized spacial score (nSPS) is 11.0. The highest BCUT2D eigenvalue weighted by Gasteiger charge is 2.08. The number of likely N-dealkylation sites (N-methyl/N-ethyl adjacent to an activating group) is 1. The summed E-state index contributed by atoms with van der Waals surface area (Å²) in [5.74, 6) is 1.78. The summed E-state index contributed by atoms with van der Waals surface area (Å²) in [6, 6.07) is 8.06. The number of benzene rings is 1. The van der Waals surface area contributed by atoms with Crippen molar-refractivity contribution in [1.29, 1.82) is 0 Å². The Balaban J connectivity index is 0.00000312. The SMILES string of the molecule is CCc1nc(CNC(=NC)N(C)CCOc2ccccc2C)cs1.I. The van der Waals surface area contributed by atoms with Crippen LogP contribution in [0.5, 0.6) is 5.75 Å². The molecule has 5 nitrogen and oxygen atoms in total. The summed E-state index contributed by atoms with van der Waals surface area (Å²) in [5.41, 5.74) is 2.21. The number of aromatic nitrogens is 1. The maximum absolute atomic E-state index is 5.85. The molecular weight excluding hydrogens is 447 g/mol. The standard InChI is InChI=1S/C18H26N4OS.HI/c1-5-17-21-15(13-24-17)12-20-18(19-3)22(4)10-11-23-16-9-7-6-8-14(16)2;/h6-9,13H,5,10-12H2,1-4H3,(H,19,20);1H. The highest BCUT2D eigenvalue weighted by molar-refractivity contribution is 14.0. The second kappa shape index (κ2) is 11.3. The van der Waals surface area contributed by atoms with Gasteiger partial charge in [-0.15, -0.1) is 35.3 Å². The minimum Gasteiger partial charge on any atom is -0.491 e. The minimum absolute atomic E-state index is 0. The average Bonchev–Trinajstić information content (AvgIpc) is 3.05. The molecule has 25 heavy (non-hydrogen) atoms. The number of hydrogen-bond acceptors (Lipinski definition) is 4. The van der Waals surface area contributed by atoms with Crippen molar-refractivity contribution in [3.05, 3.63) is 45.9 Å². The molecule has 138 valence electrons. The summed E-state index contributed by atoms with van der Waals surface area (Å²) in [7, 11) is 3.80. The molecule has 1 aromatic heterocycles. The molecule has 0 atom stereocenters. The molecule has 0 saturated heterocycles. The lowest BCUT2D eigenvalue weighted by atomic mass is 10.2. The Hall–Kier alpha value is -1.35. The van der Waals surface area contributed by atoms with Crippen LogP contribution in [0.25, 0.3) is 0 Å². The van der Waals surface area contributed by atoms with Crippen molar-refractivity contribution in [1.82, 2.24) is 15.2 Å². The molecule has 0 amide bonds. The molecule has 0 bridgehead atoms. The maximum Gasteiger partial charge on any atom is 0.193 e. The van der Waals surface area contributed by atoms with E-state index in [0.717, 1.165) is 35.9 Å². The lowest BCUT2D eigenvalue weighted by Gasteiger charge is -2.22. The van der Waals surface area contributed by atoms with Gasteiger partial charge in [-0.2, -0.15) is 0 Å². The van der Waals surface area contributed by atoms with Crippen molar-refractivity contribution in [2.75, 3.05) is 27.2 Å². The average molecular weight is 474 g/mol. The fraction of sp³-hybridized carbons (Fsp3) is 0.444. The Morgan fingerprint density at radius 1 is 1.36 bits per heavy atom. The third-order valence-corrected chi connectivity index (χ3v) is 4.72. The van der Waals surface area contributed by atoms with Gasteiger partial charge >= 0.3 is 0 Å². The number of thiazole rings is 1. The fourth-order valence-corrected chi connectivity index (χ4v) is 3.01. The molecule has 0 saturated carbocycles. The van der Waals surface area contributed by atoms with Crippen LogP contribution in [-0.2, 0) is 13.0 Å². The first-order valence-electron chi connectivity index (χ1n) is 8.17. The highest BCUT2D eigenvalue weighted by atomic mass is 127. The Labute approximate surface area is 171 Å². The Kier molecular flexibility index (Phi) is 9.81. The van der Waals surface area contributed by atoms with E-state index in [4.69, 9.17) is 4.74 Å². The second-order valence-electron chi connectivity index (χ2n) is 5.52. The number of hydrogen-bond donors (Lipinski definition) is 1. The van der Waals surface area contributed by atoms with Crippen molar-refractivity contribution in [3.63, 3.8) is 0 Å². The van der Waals surface area contributed by atoms with Gasteiger partial charge in [-0.25, -0.2) is 4.98 Å². The zero-order chi connectivity index (χ0) is 17.4. The van der Waals surface area contributed by atoms with E-state index in [1.54, 1.807) is 18.4 Å². The molecule has 0 fully saturated rings. The third kappa shape index (κ3) is 6.81. The zero-order valence-corrected chi connectivity index (χ0v) is 18.4. The van der Waals surface area contributed by atoms with Gasteiger partial charge in [0, 0.05) is 19.5 Å². The van der Waals surface area contributed by atoms with Crippen LogP contribution in [0.4, 0.5) is 0 Å². The molecule has 0 unspecified atom stereocenters. The van der Waals surface area contributed by atoms with Gasteiger partial charge < -0.3 is 15.0 Å². The number of guanidine groups is 1. The molecule has 2 rings (SSSR count). The zero-order valence-electron chi connectivity index (χ0n) is 15.3. The molecule has 0 radical (unpaired) electrons. The largest absolute Gasteiger partial charge is 0.491 e. The number of aliphatic imine (C=N–C) groups is 1. The number of nitrogens with one attached hydrogen (secondary N) is 1. The molecule has 0 aliphatic rings. The van der Waals surface area contributed by atoms with Gasteiger partial charge in [0.05, 0.1) is 23.8 Å². The van der Waals surface area contributed by atoms with E-state index in [9.17, 15) is 0 Å². The van der Waals surface area contributed by atoms with Gasteiger partial charge in [0.2, 0.25) is 0 Å². The number of aryl methyl sites for hydroxylation is 2. The number of para-hydroxylation sites is 1. The third-order valence-electron chi connectivity index (χ3n) is 3.68. The Bertz CT molecular complexity index is 675. The van der Waals surface area contributed by atoms with Crippen molar-refractivity contribution in [2.24, 2.45) is 4.99 Å². The van der Waals surface area contributed by atoms with Gasteiger partial charge in [-0.05, 0) is 25.0 Å². The smallest absolute Gasteiger partial charge is 0.193 e. The minimum atomic E-state index is 0. The number of ether oxygens (including phenoxy) is 1. The highest BCUT2D eigenvalue weighted by Crippen LogP contribution is 2.15. The Morgan fingerprint density at radius 3 is 2.76 bits per heavy atom. The predicted octanol–water partition coefficient (Wildman–Crippen LogP) is 3.72.